The molecular weight excluding hydrogens is 342 g/mol. The number of carbonyl (C=O) groups is 2. The number of hydrogen-bond donors (Lipinski definition) is 2. The van der Waals surface area contributed by atoms with Crippen molar-refractivity contribution in [1.29, 1.82) is 0 Å². The van der Waals surface area contributed by atoms with Crippen LogP contribution in [0.25, 0.3) is 0 Å². The molecule has 0 saturated heterocycles. The fraction of sp³-hybridized carbons (Fsp3) is 0.381. The minimum absolute atomic E-state index is 0.101. The standard InChI is InChI=1S/C21H27N3O3/c1-6-19(25)23-18-10-8-15(4)24(21(18)27)12-20(26)22-16(5)17-9-7-13(2)11-14(17)3/h7-11,16H,6,12H2,1-5H3,(H,22,26)(H,23,25). The van der Waals surface area contributed by atoms with Crippen molar-refractivity contribution in [3.63, 3.8) is 0 Å². The number of aromatic nitrogens is 1. The average molecular weight is 369 g/mol. The first kappa shape index (κ1) is 20.4. The molecule has 2 rings (SSSR count). The molecule has 0 aliphatic carbocycles. The molecule has 6 heteroatoms. The Balaban J connectivity index is 2.16. The van der Waals surface area contributed by atoms with E-state index in [0.717, 1.165) is 11.1 Å². The number of nitrogens with one attached hydrogen (secondary N) is 2. The SMILES string of the molecule is CCC(=O)Nc1ccc(C)n(CC(=O)NC(C)c2ccc(C)cc2C)c1=O. The highest BCUT2D eigenvalue weighted by Gasteiger charge is 2.15. The normalized spacial score (nSPS) is 11.7. The molecule has 1 aromatic heterocycles. The van der Waals surface area contributed by atoms with Gasteiger partial charge in [-0.3, -0.25) is 14.4 Å². The van der Waals surface area contributed by atoms with Crippen molar-refractivity contribution >= 4 is 17.5 Å². The molecule has 1 aromatic carbocycles. The Kier molecular flexibility index (Phi) is 6.55. The molecule has 0 aliphatic heterocycles. The van der Waals surface area contributed by atoms with Crippen LogP contribution in [0.3, 0.4) is 0 Å². The summed E-state index contributed by atoms with van der Waals surface area (Å²) in [7, 11) is 0. The van der Waals surface area contributed by atoms with Gasteiger partial charge in [0.1, 0.15) is 12.2 Å². The van der Waals surface area contributed by atoms with Crippen LogP contribution in [0, 0.1) is 20.8 Å². The topological polar surface area (TPSA) is 80.2 Å². The van der Waals surface area contributed by atoms with E-state index < -0.39 is 0 Å². The van der Waals surface area contributed by atoms with Gasteiger partial charge in [0.15, 0.2) is 0 Å². The summed E-state index contributed by atoms with van der Waals surface area (Å²) in [6.45, 7) is 9.33. The molecule has 2 aromatic rings. The van der Waals surface area contributed by atoms with Crippen LogP contribution in [-0.4, -0.2) is 16.4 Å². The molecule has 6 nitrogen and oxygen atoms in total. The van der Waals surface area contributed by atoms with Crippen LogP contribution in [0.15, 0.2) is 35.1 Å². The Morgan fingerprint density at radius 1 is 1.07 bits per heavy atom. The minimum Gasteiger partial charge on any atom is -0.348 e. The fourth-order valence-electron chi connectivity index (χ4n) is 3.02. The molecule has 0 fully saturated rings. The van der Waals surface area contributed by atoms with Gasteiger partial charge in [0.05, 0.1) is 6.04 Å². The molecule has 144 valence electrons. The molecule has 0 spiro atoms. The van der Waals surface area contributed by atoms with E-state index in [-0.39, 0.29) is 42.1 Å². The molecule has 2 amide bonds. The van der Waals surface area contributed by atoms with Crippen molar-refractivity contribution in [2.75, 3.05) is 5.32 Å². The highest BCUT2D eigenvalue weighted by atomic mass is 16.2. The summed E-state index contributed by atoms with van der Waals surface area (Å²) in [5.41, 5.74) is 3.78. The quantitative estimate of drug-likeness (QED) is 0.821. The van der Waals surface area contributed by atoms with Gasteiger partial charge < -0.3 is 15.2 Å². The number of amides is 2. The largest absolute Gasteiger partial charge is 0.348 e. The average Bonchev–Trinajstić information content (AvgIpc) is 2.60. The third-order valence-corrected chi connectivity index (χ3v) is 4.56. The Morgan fingerprint density at radius 3 is 2.41 bits per heavy atom. The van der Waals surface area contributed by atoms with Gasteiger partial charge in [-0.05, 0) is 51.0 Å². The van der Waals surface area contributed by atoms with Crippen LogP contribution >= 0.6 is 0 Å². The summed E-state index contributed by atoms with van der Waals surface area (Å²) in [4.78, 5) is 36.7. The number of pyridine rings is 1. The van der Waals surface area contributed by atoms with Gasteiger partial charge in [-0.25, -0.2) is 0 Å². The second-order valence-corrected chi connectivity index (χ2v) is 6.83. The molecule has 0 radical (unpaired) electrons. The molecule has 0 aliphatic rings. The Labute approximate surface area is 159 Å². The lowest BCUT2D eigenvalue weighted by Gasteiger charge is -2.18. The molecular formula is C21H27N3O3. The monoisotopic (exact) mass is 369 g/mol. The first-order valence-corrected chi connectivity index (χ1v) is 9.09. The zero-order valence-corrected chi connectivity index (χ0v) is 16.6. The fourth-order valence-corrected chi connectivity index (χ4v) is 3.02. The van der Waals surface area contributed by atoms with E-state index in [2.05, 4.69) is 16.7 Å². The maximum atomic E-state index is 12.6. The van der Waals surface area contributed by atoms with Crippen LogP contribution in [0.5, 0.6) is 0 Å². The number of anilines is 1. The van der Waals surface area contributed by atoms with E-state index in [1.807, 2.05) is 32.9 Å². The van der Waals surface area contributed by atoms with Crippen LogP contribution in [-0.2, 0) is 16.1 Å². The second-order valence-electron chi connectivity index (χ2n) is 6.83. The summed E-state index contributed by atoms with van der Waals surface area (Å²) >= 11 is 0. The zero-order valence-electron chi connectivity index (χ0n) is 16.6. The molecule has 2 N–H and O–H groups in total. The third-order valence-electron chi connectivity index (χ3n) is 4.56. The number of hydrogen-bond acceptors (Lipinski definition) is 3. The van der Waals surface area contributed by atoms with Gasteiger partial charge in [-0.2, -0.15) is 0 Å². The first-order chi connectivity index (χ1) is 12.7. The summed E-state index contributed by atoms with van der Waals surface area (Å²) in [6, 6.07) is 9.21. The van der Waals surface area contributed by atoms with Crippen molar-refractivity contribution in [2.45, 2.75) is 53.6 Å². The lowest BCUT2D eigenvalue weighted by atomic mass is 10.0. The van der Waals surface area contributed by atoms with Crippen molar-refractivity contribution in [2.24, 2.45) is 0 Å². The highest BCUT2D eigenvalue weighted by molar-refractivity contribution is 5.90. The Bertz CT molecular complexity index is 915. The van der Waals surface area contributed by atoms with Gasteiger partial charge in [-0.15, -0.1) is 0 Å². The minimum atomic E-state index is -0.383. The van der Waals surface area contributed by atoms with E-state index in [1.165, 1.54) is 10.1 Å². The van der Waals surface area contributed by atoms with Crippen molar-refractivity contribution in [1.82, 2.24) is 9.88 Å². The van der Waals surface area contributed by atoms with Crippen molar-refractivity contribution in [3.05, 3.63) is 63.1 Å². The summed E-state index contributed by atoms with van der Waals surface area (Å²) in [6.07, 6.45) is 0.279. The molecule has 27 heavy (non-hydrogen) atoms. The lowest BCUT2D eigenvalue weighted by Crippen LogP contribution is -2.35. The predicted molar refractivity (Wildman–Crippen MR) is 107 cm³/mol. The van der Waals surface area contributed by atoms with Crippen molar-refractivity contribution < 1.29 is 9.59 Å². The van der Waals surface area contributed by atoms with Crippen LogP contribution in [0.2, 0.25) is 0 Å². The lowest BCUT2D eigenvalue weighted by molar-refractivity contribution is -0.122. The molecule has 0 bridgehead atoms. The molecule has 1 unspecified atom stereocenters. The first-order valence-electron chi connectivity index (χ1n) is 9.09. The third kappa shape index (κ3) is 5.06. The summed E-state index contributed by atoms with van der Waals surface area (Å²) in [5, 5.41) is 5.52. The zero-order chi connectivity index (χ0) is 20.1. The maximum absolute atomic E-state index is 12.6. The van der Waals surface area contributed by atoms with E-state index in [0.29, 0.717) is 5.69 Å². The van der Waals surface area contributed by atoms with Crippen LogP contribution < -0.4 is 16.2 Å². The van der Waals surface area contributed by atoms with E-state index in [4.69, 9.17) is 0 Å². The maximum Gasteiger partial charge on any atom is 0.274 e. The van der Waals surface area contributed by atoms with Crippen molar-refractivity contribution in [3.8, 4) is 0 Å². The van der Waals surface area contributed by atoms with Gasteiger partial charge in [0, 0.05) is 12.1 Å². The number of rotatable bonds is 6. The Hall–Kier alpha value is -2.89. The predicted octanol–water partition coefficient (Wildman–Crippen LogP) is 3.00. The number of nitrogens with zero attached hydrogens (tertiary/aromatic N) is 1. The number of benzene rings is 1. The molecule has 1 heterocycles. The number of aryl methyl sites for hydroxylation is 3. The molecule has 0 saturated carbocycles. The summed E-state index contributed by atoms with van der Waals surface area (Å²) in [5.74, 6) is -0.498. The number of carbonyl (C=O) groups excluding carboxylic acids is 2. The smallest absolute Gasteiger partial charge is 0.274 e. The van der Waals surface area contributed by atoms with Gasteiger partial charge in [-0.1, -0.05) is 30.7 Å². The molecule has 1 atom stereocenters. The van der Waals surface area contributed by atoms with Gasteiger partial charge in [0.2, 0.25) is 11.8 Å². The van der Waals surface area contributed by atoms with E-state index in [9.17, 15) is 14.4 Å². The van der Waals surface area contributed by atoms with Crippen LogP contribution in [0.4, 0.5) is 5.69 Å². The summed E-state index contributed by atoms with van der Waals surface area (Å²) < 4.78 is 1.37. The van der Waals surface area contributed by atoms with E-state index >= 15 is 0 Å². The van der Waals surface area contributed by atoms with Gasteiger partial charge >= 0.3 is 0 Å². The van der Waals surface area contributed by atoms with E-state index in [1.54, 1.807) is 26.0 Å². The highest BCUT2D eigenvalue weighted by Crippen LogP contribution is 2.18. The van der Waals surface area contributed by atoms with Crippen LogP contribution in [0.1, 0.15) is 48.7 Å². The van der Waals surface area contributed by atoms with Gasteiger partial charge in [0.25, 0.3) is 5.56 Å². The Morgan fingerprint density at radius 2 is 1.78 bits per heavy atom. The second kappa shape index (κ2) is 8.66.